The molecule has 0 saturated carbocycles. The van der Waals surface area contributed by atoms with Crippen LogP contribution in [0.15, 0.2) is 24.3 Å². The Morgan fingerprint density at radius 2 is 1.89 bits per heavy atom. The first-order valence-corrected chi connectivity index (χ1v) is 5.06. The SMILES string of the molecule is CC(=O)c1c(C)nn(-c2ccc(F)cc2)c1O.[Mn]. The van der Waals surface area contributed by atoms with E-state index in [4.69, 9.17) is 0 Å². The summed E-state index contributed by atoms with van der Waals surface area (Å²) in [7, 11) is 0. The number of hydrogen-bond donors (Lipinski definition) is 1. The van der Waals surface area contributed by atoms with Crippen LogP contribution in [0.4, 0.5) is 4.39 Å². The minimum absolute atomic E-state index is 0. The fourth-order valence-corrected chi connectivity index (χ4v) is 1.69. The zero-order valence-electron chi connectivity index (χ0n) is 9.82. The summed E-state index contributed by atoms with van der Waals surface area (Å²) in [6.45, 7) is 3.00. The van der Waals surface area contributed by atoms with Crippen molar-refractivity contribution in [2.75, 3.05) is 0 Å². The van der Waals surface area contributed by atoms with Gasteiger partial charge in [0.25, 0.3) is 0 Å². The summed E-state index contributed by atoms with van der Waals surface area (Å²) in [5.41, 5.74) is 1.13. The zero-order valence-corrected chi connectivity index (χ0v) is 11.0. The number of carbonyl (C=O) groups excluding carboxylic acids is 1. The number of hydrogen-bond acceptors (Lipinski definition) is 3. The molecule has 0 aliphatic carbocycles. The molecular weight excluding hydrogens is 278 g/mol. The summed E-state index contributed by atoms with van der Waals surface area (Å²) < 4.78 is 14.0. The van der Waals surface area contributed by atoms with E-state index < -0.39 is 0 Å². The molecule has 0 amide bonds. The molecule has 0 spiro atoms. The predicted molar refractivity (Wildman–Crippen MR) is 59.9 cm³/mol. The van der Waals surface area contributed by atoms with Gasteiger partial charge in [-0.05, 0) is 38.1 Å². The Kier molecular flexibility index (Phi) is 4.27. The van der Waals surface area contributed by atoms with Gasteiger partial charge in [-0.25, -0.2) is 9.07 Å². The van der Waals surface area contributed by atoms with E-state index in [1.165, 1.54) is 35.9 Å². The van der Waals surface area contributed by atoms with Crippen molar-refractivity contribution in [3.8, 4) is 11.6 Å². The van der Waals surface area contributed by atoms with E-state index >= 15 is 0 Å². The van der Waals surface area contributed by atoms with E-state index in [2.05, 4.69) is 5.10 Å². The van der Waals surface area contributed by atoms with E-state index in [9.17, 15) is 14.3 Å². The van der Waals surface area contributed by atoms with Crippen molar-refractivity contribution in [1.82, 2.24) is 9.78 Å². The average molecular weight is 289 g/mol. The normalized spacial score (nSPS) is 9.94. The minimum Gasteiger partial charge on any atom is -0.493 e. The van der Waals surface area contributed by atoms with Gasteiger partial charge in [0.2, 0.25) is 5.88 Å². The number of nitrogens with zero attached hydrogens (tertiary/aromatic N) is 2. The Morgan fingerprint density at radius 3 is 2.33 bits per heavy atom. The third-order valence-electron chi connectivity index (χ3n) is 2.46. The van der Waals surface area contributed by atoms with Gasteiger partial charge in [-0.15, -0.1) is 0 Å². The van der Waals surface area contributed by atoms with Crippen molar-refractivity contribution in [2.24, 2.45) is 0 Å². The summed E-state index contributed by atoms with van der Waals surface area (Å²) in [5, 5.41) is 13.9. The molecule has 0 atom stereocenters. The van der Waals surface area contributed by atoms with Crippen molar-refractivity contribution < 1.29 is 31.4 Å². The predicted octanol–water partition coefficient (Wildman–Crippen LogP) is 2.23. The number of halogens is 1. The fourth-order valence-electron chi connectivity index (χ4n) is 1.69. The Morgan fingerprint density at radius 1 is 1.33 bits per heavy atom. The second-order valence-corrected chi connectivity index (χ2v) is 3.73. The molecule has 0 aliphatic heterocycles. The van der Waals surface area contributed by atoms with Crippen molar-refractivity contribution in [1.29, 1.82) is 0 Å². The molecule has 4 nitrogen and oxygen atoms in total. The van der Waals surface area contributed by atoms with Crippen LogP contribution >= 0.6 is 0 Å². The van der Waals surface area contributed by atoms with Crippen LogP contribution in [-0.2, 0) is 17.1 Å². The second kappa shape index (κ2) is 5.33. The zero-order chi connectivity index (χ0) is 12.6. The van der Waals surface area contributed by atoms with Crippen molar-refractivity contribution >= 4 is 5.78 Å². The molecule has 18 heavy (non-hydrogen) atoms. The van der Waals surface area contributed by atoms with Gasteiger partial charge in [0.05, 0.1) is 11.4 Å². The molecule has 95 valence electrons. The van der Waals surface area contributed by atoms with Crippen LogP contribution in [0.5, 0.6) is 5.88 Å². The van der Waals surface area contributed by atoms with Crippen molar-refractivity contribution in [3.63, 3.8) is 0 Å². The Hall–Kier alpha value is -1.65. The third kappa shape index (κ3) is 2.44. The Balaban J connectivity index is 0.00000162. The molecule has 0 saturated heterocycles. The van der Waals surface area contributed by atoms with Gasteiger partial charge in [-0.1, -0.05) is 0 Å². The molecule has 0 bridgehead atoms. The van der Waals surface area contributed by atoms with E-state index in [0.29, 0.717) is 11.4 Å². The maximum absolute atomic E-state index is 12.8. The molecule has 1 heterocycles. The molecule has 1 N–H and O–H groups in total. The Labute approximate surface area is 114 Å². The molecule has 0 unspecified atom stereocenters. The summed E-state index contributed by atoms with van der Waals surface area (Å²) in [6.07, 6.45) is 0. The topological polar surface area (TPSA) is 55.1 Å². The number of ketones is 1. The fraction of sp³-hybridized carbons (Fsp3) is 0.167. The molecule has 6 heteroatoms. The van der Waals surface area contributed by atoms with E-state index in [-0.39, 0.29) is 40.1 Å². The summed E-state index contributed by atoms with van der Waals surface area (Å²) in [6, 6.07) is 5.48. The molecule has 2 rings (SSSR count). The number of carbonyl (C=O) groups is 1. The van der Waals surface area contributed by atoms with Gasteiger partial charge in [0.15, 0.2) is 5.78 Å². The maximum atomic E-state index is 12.8. The van der Waals surface area contributed by atoms with Crippen LogP contribution in [0, 0.1) is 12.7 Å². The second-order valence-electron chi connectivity index (χ2n) is 3.73. The number of aromatic nitrogens is 2. The van der Waals surface area contributed by atoms with Crippen LogP contribution in [-0.4, -0.2) is 20.7 Å². The van der Waals surface area contributed by atoms with Gasteiger partial charge in [-0.2, -0.15) is 5.10 Å². The van der Waals surface area contributed by atoms with E-state index in [1.54, 1.807) is 6.92 Å². The van der Waals surface area contributed by atoms with Gasteiger partial charge < -0.3 is 5.11 Å². The van der Waals surface area contributed by atoms with Gasteiger partial charge in [-0.3, -0.25) is 4.79 Å². The monoisotopic (exact) mass is 289 g/mol. The first-order chi connectivity index (χ1) is 8.00. The number of Topliss-reactive ketones (excluding diaryl/α,β-unsaturated/α-hetero) is 1. The number of rotatable bonds is 2. The third-order valence-corrected chi connectivity index (χ3v) is 2.46. The minimum atomic E-state index is -0.371. The van der Waals surface area contributed by atoms with Crippen molar-refractivity contribution in [3.05, 3.63) is 41.3 Å². The molecular formula is C12H11FMnN2O2. The average Bonchev–Trinajstić information content (AvgIpc) is 2.55. The first kappa shape index (κ1) is 14.4. The quantitative estimate of drug-likeness (QED) is 0.681. The van der Waals surface area contributed by atoms with Crippen LogP contribution < -0.4 is 0 Å². The smallest absolute Gasteiger partial charge is 0.225 e. The molecule has 1 radical (unpaired) electrons. The summed E-state index contributed by atoms with van der Waals surface area (Å²) in [5.74, 6) is -0.848. The summed E-state index contributed by atoms with van der Waals surface area (Å²) >= 11 is 0. The van der Waals surface area contributed by atoms with E-state index in [0.717, 1.165) is 0 Å². The standard InChI is InChI=1S/C12H11FN2O2.Mn/c1-7-11(8(2)16)12(17)15(14-7)10-5-3-9(13)4-6-10;/h3-6,17H,1-2H3;. The number of benzene rings is 1. The van der Waals surface area contributed by atoms with Crippen LogP contribution in [0.3, 0.4) is 0 Å². The van der Waals surface area contributed by atoms with Crippen LogP contribution in [0.2, 0.25) is 0 Å². The van der Waals surface area contributed by atoms with Gasteiger partial charge in [0.1, 0.15) is 11.4 Å². The molecule has 2 aromatic rings. The largest absolute Gasteiger partial charge is 0.493 e. The van der Waals surface area contributed by atoms with Crippen LogP contribution in [0.1, 0.15) is 23.0 Å². The van der Waals surface area contributed by atoms with Gasteiger partial charge >= 0.3 is 0 Å². The van der Waals surface area contributed by atoms with Crippen LogP contribution in [0.25, 0.3) is 5.69 Å². The Bertz CT molecular complexity index is 579. The molecule has 1 aromatic heterocycles. The summed E-state index contributed by atoms with van der Waals surface area (Å²) in [4.78, 5) is 11.3. The van der Waals surface area contributed by atoms with Crippen molar-refractivity contribution in [2.45, 2.75) is 13.8 Å². The maximum Gasteiger partial charge on any atom is 0.225 e. The molecule has 1 aromatic carbocycles. The van der Waals surface area contributed by atoms with E-state index in [1.807, 2.05) is 0 Å². The molecule has 0 aliphatic rings. The number of aryl methyl sites for hydroxylation is 1. The number of aromatic hydroxyl groups is 1. The van der Waals surface area contributed by atoms with Gasteiger partial charge in [0, 0.05) is 17.1 Å². The first-order valence-electron chi connectivity index (χ1n) is 5.06. The molecule has 0 fully saturated rings.